The van der Waals surface area contributed by atoms with Crippen molar-refractivity contribution in [1.82, 2.24) is 10.2 Å². The van der Waals surface area contributed by atoms with Gasteiger partial charge in [-0.3, -0.25) is 14.5 Å². The molecule has 30 heavy (non-hydrogen) atoms. The van der Waals surface area contributed by atoms with Gasteiger partial charge in [-0.05, 0) is 41.6 Å². The molecular weight excluding hydrogens is 398 g/mol. The Balaban J connectivity index is 1.59. The molecule has 1 saturated heterocycles. The van der Waals surface area contributed by atoms with Crippen molar-refractivity contribution in [2.75, 3.05) is 18.1 Å². The summed E-state index contributed by atoms with van der Waals surface area (Å²) in [5, 5.41) is 7.44. The van der Waals surface area contributed by atoms with Crippen LogP contribution in [-0.4, -0.2) is 35.5 Å². The third kappa shape index (κ3) is 3.41. The Morgan fingerprint density at radius 1 is 1.03 bits per heavy atom. The number of imide groups is 1. The van der Waals surface area contributed by atoms with Crippen LogP contribution in [0, 0.1) is 0 Å². The molecule has 1 atom stereocenters. The van der Waals surface area contributed by atoms with Crippen LogP contribution in [-0.2, 0) is 15.1 Å². The number of carbonyl (C=O) groups is 3. The van der Waals surface area contributed by atoms with Crippen molar-refractivity contribution < 1.29 is 14.4 Å². The average molecular weight is 420 g/mol. The van der Waals surface area contributed by atoms with Crippen LogP contribution in [0.2, 0.25) is 0 Å². The Kier molecular flexibility index (Phi) is 5.22. The average Bonchev–Trinajstić information content (AvgIpc) is 2.97. The molecule has 3 aromatic carbocycles. The fourth-order valence-electron chi connectivity index (χ4n) is 3.77. The summed E-state index contributed by atoms with van der Waals surface area (Å²) in [5.74, 6) is -0.876. The summed E-state index contributed by atoms with van der Waals surface area (Å²) in [4.78, 5) is 40.4. The molecule has 2 N–H and O–H groups in total. The SMILES string of the molecule is CSc1ccccc1NC(=O)CN1C(=O)N[C@](C)(c2cccc3ccccc23)C1=O. The number of hydrogen-bond acceptors (Lipinski definition) is 4. The Labute approximate surface area is 178 Å². The van der Waals surface area contributed by atoms with E-state index in [9.17, 15) is 14.4 Å². The molecule has 0 spiro atoms. The number of nitrogens with zero attached hydrogens (tertiary/aromatic N) is 1. The Morgan fingerprint density at radius 2 is 1.73 bits per heavy atom. The Morgan fingerprint density at radius 3 is 2.53 bits per heavy atom. The van der Waals surface area contributed by atoms with E-state index in [4.69, 9.17) is 0 Å². The molecule has 0 aromatic heterocycles. The van der Waals surface area contributed by atoms with E-state index in [2.05, 4.69) is 10.6 Å². The van der Waals surface area contributed by atoms with Crippen LogP contribution in [0.15, 0.2) is 71.6 Å². The second kappa shape index (κ2) is 7.84. The van der Waals surface area contributed by atoms with Gasteiger partial charge < -0.3 is 10.6 Å². The topological polar surface area (TPSA) is 78.5 Å². The molecule has 152 valence electrons. The maximum Gasteiger partial charge on any atom is 0.325 e. The molecule has 1 aliphatic rings. The normalized spacial score (nSPS) is 18.5. The monoisotopic (exact) mass is 419 g/mol. The van der Waals surface area contributed by atoms with Gasteiger partial charge >= 0.3 is 6.03 Å². The third-order valence-corrected chi connectivity index (χ3v) is 6.08. The van der Waals surface area contributed by atoms with E-state index in [0.29, 0.717) is 11.3 Å². The van der Waals surface area contributed by atoms with E-state index >= 15 is 0 Å². The Hall–Kier alpha value is -3.32. The minimum absolute atomic E-state index is 0.353. The number of rotatable bonds is 5. The van der Waals surface area contributed by atoms with Crippen molar-refractivity contribution in [3.8, 4) is 0 Å². The number of fused-ring (bicyclic) bond motifs is 1. The molecule has 0 saturated carbocycles. The van der Waals surface area contributed by atoms with Crippen LogP contribution < -0.4 is 10.6 Å². The number of thioether (sulfide) groups is 1. The number of nitrogens with one attached hydrogen (secondary N) is 2. The highest BCUT2D eigenvalue weighted by Crippen LogP contribution is 2.34. The van der Waals surface area contributed by atoms with Crippen molar-refractivity contribution in [3.05, 3.63) is 72.3 Å². The first-order chi connectivity index (χ1) is 14.4. The van der Waals surface area contributed by atoms with Gasteiger partial charge in [-0.15, -0.1) is 11.8 Å². The molecule has 0 unspecified atom stereocenters. The number of carbonyl (C=O) groups excluding carboxylic acids is 3. The fourth-order valence-corrected chi connectivity index (χ4v) is 4.32. The maximum absolute atomic E-state index is 13.3. The van der Waals surface area contributed by atoms with E-state index < -0.39 is 23.4 Å². The first kappa shape index (κ1) is 20.0. The van der Waals surface area contributed by atoms with E-state index in [1.165, 1.54) is 11.8 Å². The van der Waals surface area contributed by atoms with E-state index in [-0.39, 0.29) is 6.54 Å². The number of benzene rings is 3. The van der Waals surface area contributed by atoms with Crippen LogP contribution in [0.5, 0.6) is 0 Å². The van der Waals surface area contributed by atoms with Crippen molar-refractivity contribution in [2.45, 2.75) is 17.4 Å². The largest absolute Gasteiger partial charge is 0.325 e. The van der Waals surface area contributed by atoms with Gasteiger partial charge in [-0.25, -0.2) is 4.79 Å². The van der Waals surface area contributed by atoms with Gasteiger partial charge in [-0.2, -0.15) is 0 Å². The second-order valence-electron chi connectivity index (χ2n) is 7.22. The van der Waals surface area contributed by atoms with Crippen molar-refractivity contribution in [2.24, 2.45) is 0 Å². The molecule has 0 radical (unpaired) electrons. The summed E-state index contributed by atoms with van der Waals surface area (Å²) in [6, 6.07) is 20.1. The smallest absolute Gasteiger partial charge is 0.324 e. The number of urea groups is 1. The van der Waals surface area contributed by atoms with Gasteiger partial charge in [0.15, 0.2) is 0 Å². The zero-order valence-corrected chi connectivity index (χ0v) is 17.5. The van der Waals surface area contributed by atoms with E-state index in [1.54, 1.807) is 13.0 Å². The van der Waals surface area contributed by atoms with Gasteiger partial charge in [-0.1, -0.05) is 54.6 Å². The molecule has 1 fully saturated rings. The number of para-hydroxylation sites is 1. The fraction of sp³-hybridized carbons (Fsp3) is 0.174. The van der Waals surface area contributed by atoms with Crippen molar-refractivity contribution in [1.29, 1.82) is 0 Å². The van der Waals surface area contributed by atoms with Gasteiger partial charge in [0, 0.05) is 4.90 Å². The lowest BCUT2D eigenvalue weighted by atomic mass is 9.88. The van der Waals surface area contributed by atoms with Gasteiger partial charge in [0.2, 0.25) is 5.91 Å². The molecule has 4 rings (SSSR count). The first-order valence-electron chi connectivity index (χ1n) is 9.49. The summed E-state index contributed by atoms with van der Waals surface area (Å²) < 4.78 is 0. The summed E-state index contributed by atoms with van der Waals surface area (Å²) in [6.45, 7) is 1.32. The van der Waals surface area contributed by atoms with Crippen LogP contribution >= 0.6 is 11.8 Å². The number of amides is 4. The highest BCUT2D eigenvalue weighted by molar-refractivity contribution is 7.98. The van der Waals surface area contributed by atoms with Crippen molar-refractivity contribution in [3.63, 3.8) is 0 Å². The highest BCUT2D eigenvalue weighted by Gasteiger charge is 2.50. The quantitative estimate of drug-likeness (QED) is 0.485. The Bertz CT molecular complexity index is 1160. The van der Waals surface area contributed by atoms with Crippen LogP contribution in [0.3, 0.4) is 0 Å². The molecule has 7 heteroatoms. The zero-order valence-electron chi connectivity index (χ0n) is 16.6. The van der Waals surface area contributed by atoms with Crippen LogP contribution in [0.1, 0.15) is 12.5 Å². The van der Waals surface area contributed by atoms with E-state index in [1.807, 2.05) is 66.9 Å². The molecule has 3 aromatic rings. The summed E-state index contributed by atoms with van der Waals surface area (Å²) in [7, 11) is 0. The second-order valence-corrected chi connectivity index (χ2v) is 8.07. The third-order valence-electron chi connectivity index (χ3n) is 5.29. The summed E-state index contributed by atoms with van der Waals surface area (Å²) in [5.41, 5.74) is 0.114. The van der Waals surface area contributed by atoms with Crippen LogP contribution in [0.25, 0.3) is 10.8 Å². The molecule has 4 amide bonds. The van der Waals surface area contributed by atoms with Gasteiger partial charge in [0.05, 0.1) is 5.69 Å². The molecule has 1 heterocycles. The minimum atomic E-state index is -1.24. The summed E-state index contributed by atoms with van der Waals surface area (Å²) in [6.07, 6.45) is 1.91. The molecule has 6 nitrogen and oxygen atoms in total. The lowest BCUT2D eigenvalue weighted by Crippen LogP contribution is -2.42. The number of hydrogen-bond donors (Lipinski definition) is 2. The minimum Gasteiger partial charge on any atom is -0.324 e. The van der Waals surface area contributed by atoms with Crippen LogP contribution in [0.4, 0.5) is 10.5 Å². The lowest BCUT2D eigenvalue weighted by Gasteiger charge is -2.24. The highest BCUT2D eigenvalue weighted by atomic mass is 32.2. The predicted octanol–water partition coefficient (Wildman–Crippen LogP) is 3.97. The molecule has 1 aliphatic heterocycles. The summed E-state index contributed by atoms with van der Waals surface area (Å²) >= 11 is 1.50. The standard InChI is InChI=1S/C23H21N3O3S/c1-23(17-11-7-9-15-8-3-4-10-16(15)17)21(28)26(22(29)25-23)14-20(27)24-18-12-5-6-13-19(18)30-2/h3-13H,14H2,1-2H3,(H,24,27)(H,25,29)/t23-/m1/s1. The molecule has 0 bridgehead atoms. The van der Waals surface area contributed by atoms with Gasteiger partial charge in [0.1, 0.15) is 12.1 Å². The molecular formula is C23H21N3O3S. The van der Waals surface area contributed by atoms with E-state index in [0.717, 1.165) is 20.6 Å². The lowest BCUT2D eigenvalue weighted by molar-refractivity contribution is -0.133. The first-order valence-corrected chi connectivity index (χ1v) is 10.7. The van der Waals surface area contributed by atoms with Crippen molar-refractivity contribution >= 4 is 46.1 Å². The zero-order chi connectivity index (χ0) is 21.3. The predicted molar refractivity (Wildman–Crippen MR) is 118 cm³/mol. The maximum atomic E-state index is 13.3. The number of anilines is 1. The van der Waals surface area contributed by atoms with Gasteiger partial charge in [0.25, 0.3) is 5.91 Å². The molecule has 0 aliphatic carbocycles.